The van der Waals surface area contributed by atoms with E-state index in [9.17, 15) is 14.7 Å². The number of hydrogen-bond donors (Lipinski definition) is 1. The number of carbonyl (C=O) groups excluding carboxylic acids is 2. The molecule has 0 spiro atoms. The van der Waals surface area contributed by atoms with Gasteiger partial charge in [0.2, 0.25) is 5.79 Å². The van der Waals surface area contributed by atoms with Gasteiger partial charge in [0.25, 0.3) is 0 Å². The van der Waals surface area contributed by atoms with Crippen LogP contribution in [0.15, 0.2) is 16.9 Å². The third-order valence-corrected chi connectivity index (χ3v) is 11.8. The summed E-state index contributed by atoms with van der Waals surface area (Å²) < 4.78 is 37.5. The molecule has 12 atom stereocenters. The molecule has 53 heavy (non-hydrogen) atoms. The quantitative estimate of drug-likeness (QED) is 0.0443. The second kappa shape index (κ2) is 18.8. The molecular weight excluding hydrogens is 682 g/mol. The van der Waals surface area contributed by atoms with Crippen molar-refractivity contribution in [1.29, 1.82) is 0 Å². The smallest absolute Gasteiger partial charge is 0.410 e. The van der Waals surface area contributed by atoms with Gasteiger partial charge in [0.15, 0.2) is 11.9 Å². The van der Waals surface area contributed by atoms with Gasteiger partial charge in [-0.2, -0.15) is 0 Å². The van der Waals surface area contributed by atoms with Gasteiger partial charge in [-0.3, -0.25) is 0 Å². The van der Waals surface area contributed by atoms with Gasteiger partial charge in [0, 0.05) is 56.8 Å². The molecule has 0 aliphatic carbocycles. The van der Waals surface area contributed by atoms with E-state index in [2.05, 4.69) is 63.6 Å². The van der Waals surface area contributed by atoms with Crippen molar-refractivity contribution in [3.8, 4) is 0 Å². The van der Waals surface area contributed by atoms with E-state index >= 15 is 0 Å². The number of amides is 1. The number of aliphatic hydroxyl groups is 1. The molecule has 1 amide bonds. The van der Waals surface area contributed by atoms with Crippen LogP contribution in [-0.4, -0.2) is 115 Å². The van der Waals surface area contributed by atoms with Crippen molar-refractivity contribution >= 4 is 12.1 Å². The number of nitrogens with zero attached hydrogens (tertiary/aromatic N) is 5. The largest absolute Gasteiger partial charge is 0.456 e. The van der Waals surface area contributed by atoms with Crippen LogP contribution in [0.2, 0.25) is 0 Å². The fraction of sp³-hybridized carbons (Fsp3) is 0.897. The molecule has 3 aliphatic heterocycles. The number of hydrogen-bond acceptors (Lipinski definition) is 11. The van der Waals surface area contributed by atoms with Gasteiger partial charge in [0.1, 0.15) is 5.76 Å². The predicted octanol–water partition coefficient (Wildman–Crippen LogP) is 7.19. The second-order valence-corrected chi connectivity index (χ2v) is 16.9. The first-order valence-electron chi connectivity index (χ1n) is 19.6. The first-order valence-corrected chi connectivity index (χ1v) is 19.6. The van der Waals surface area contributed by atoms with Gasteiger partial charge in [-0.15, -0.1) is 0 Å². The minimum Gasteiger partial charge on any atom is -0.456 e. The minimum absolute atomic E-state index is 0.00184. The molecule has 304 valence electrons. The van der Waals surface area contributed by atoms with Gasteiger partial charge in [0.05, 0.1) is 36.0 Å². The summed E-state index contributed by atoms with van der Waals surface area (Å²) in [4.78, 5) is 32.7. The number of aliphatic hydroxyl groups excluding tert-OH is 1. The molecule has 0 aromatic rings. The van der Waals surface area contributed by atoms with E-state index in [1.165, 1.54) is 6.08 Å². The van der Waals surface area contributed by atoms with E-state index in [1.807, 2.05) is 20.8 Å². The molecule has 3 rings (SSSR count). The van der Waals surface area contributed by atoms with E-state index in [4.69, 9.17) is 34.0 Å². The van der Waals surface area contributed by atoms with E-state index in [-0.39, 0.29) is 35.9 Å². The Morgan fingerprint density at radius 1 is 1.13 bits per heavy atom. The Morgan fingerprint density at radius 3 is 2.40 bits per heavy atom. The van der Waals surface area contributed by atoms with Crippen LogP contribution in [0.4, 0.5) is 4.79 Å². The molecule has 0 aromatic heterocycles. The normalized spacial score (nSPS) is 31.3. The Kier molecular flexibility index (Phi) is 15.9. The molecule has 3 aliphatic rings. The number of unbranched alkanes of at least 4 members (excludes halogenated alkanes) is 1. The molecule has 0 bridgehead atoms. The Morgan fingerprint density at radius 2 is 1.81 bits per heavy atom. The number of carbonyl (C=O) groups is 2. The maximum atomic E-state index is 13.2. The molecule has 14 nitrogen and oxygen atoms in total. The Hall–Kier alpha value is -2.61. The number of rotatable bonds is 20. The van der Waals surface area contributed by atoms with Crippen molar-refractivity contribution in [3.05, 3.63) is 22.3 Å². The summed E-state index contributed by atoms with van der Waals surface area (Å²) in [5, 5.41) is 14.7. The number of cyclic esters (lactones) is 2. The van der Waals surface area contributed by atoms with Crippen molar-refractivity contribution in [2.45, 2.75) is 168 Å². The van der Waals surface area contributed by atoms with Crippen LogP contribution >= 0.6 is 0 Å². The van der Waals surface area contributed by atoms with Crippen LogP contribution in [-0.2, 0) is 33.2 Å². The molecule has 0 aromatic carbocycles. The third-order valence-electron chi connectivity index (χ3n) is 11.8. The van der Waals surface area contributed by atoms with Crippen molar-refractivity contribution in [2.75, 3.05) is 34.3 Å². The zero-order chi connectivity index (χ0) is 39.9. The minimum atomic E-state index is -1.13. The predicted molar refractivity (Wildman–Crippen MR) is 201 cm³/mol. The summed E-state index contributed by atoms with van der Waals surface area (Å²) in [6.07, 6.45) is 3.90. The van der Waals surface area contributed by atoms with Crippen molar-refractivity contribution < 1.29 is 43.1 Å². The molecule has 3 heterocycles. The van der Waals surface area contributed by atoms with Gasteiger partial charge >= 0.3 is 12.1 Å². The Labute approximate surface area is 317 Å². The lowest BCUT2D eigenvalue weighted by molar-refractivity contribution is -0.285. The summed E-state index contributed by atoms with van der Waals surface area (Å²) in [7, 11) is 5.86. The highest BCUT2D eigenvalue weighted by atomic mass is 16.7. The highest BCUT2D eigenvalue weighted by molar-refractivity contribution is 5.83. The van der Waals surface area contributed by atoms with Crippen LogP contribution in [0, 0.1) is 23.7 Å². The van der Waals surface area contributed by atoms with Gasteiger partial charge in [-0.1, -0.05) is 46.2 Å². The van der Waals surface area contributed by atoms with Crippen LogP contribution in [0.25, 0.3) is 10.4 Å². The number of esters is 1. The Bertz CT molecular complexity index is 1310. The first kappa shape index (κ1) is 44.8. The van der Waals surface area contributed by atoms with Crippen molar-refractivity contribution in [1.82, 2.24) is 9.80 Å². The molecule has 2 fully saturated rings. The first-order chi connectivity index (χ1) is 24.7. The fourth-order valence-electron chi connectivity index (χ4n) is 8.84. The van der Waals surface area contributed by atoms with E-state index < -0.39 is 53.5 Å². The summed E-state index contributed by atoms with van der Waals surface area (Å²) in [5.74, 6) is -1.30. The number of ether oxygens (including phenoxy) is 6. The maximum Gasteiger partial charge on any atom is 0.410 e. The summed E-state index contributed by atoms with van der Waals surface area (Å²) in [5.41, 5.74) is 6.76. The van der Waals surface area contributed by atoms with Gasteiger partial charge in [-0.25, -0.2) is 9.59 Å². The summed E-state index contributed by atoms with van der Waals surface area (Å²) in [6.45, 7) is 20.5. The van der Waals surface area contributed by atoms with E-state index in [0.717, 1.165) is 19.3 Å². The fourth-order valence-corrected chi connectivity index (χ4v) is 8.84. The lowest BCUT2D eigenvalue weighted by Gasteiger charge is -2.48. The lowest BCUT2D eigenvalue weighted by atomic mass is 9.76. The van der Waals surface area contributed by atoms with Gasteiger partial charge < -0.3 is 43.3 Å². The Balaban J connectivity index is 1.87. The molecule has 0 radical (unpaired) electrons. The summed E-state index contributed by atoms with van der Waals surface area (Å²) >= 11 is 0. The highest BCUT2D eigenvalue weighted by Gasteiger charge is 2.56. The molecular formula is C39H69N5O9. The average Bonchev–Trinajstić information content (AvgIpc) is 3.34. The molecule has 1 N–H and O–H groups in total. The summed E-state index contributed by atoms with van der Waals surface area (Å²) in [6, 6.07) is -0.0847. The topological polar surface area (TPSA) is 165 Å². The standard InChI is InChI=1S/C39H69N5O9/c1-14-31(45)39(10)33(44(36(47)53-39)20-16-15-19-41-42-40)25(3)18-17-24(2)23-38(9,48-13)34(28(6)30-22-32(46)52-37(7,8)51-30)50-35-27(5)29(43(11)12)21-26(4)49-35/h22,24-29,31,33-35,45H,14-21,23H2,1-13H3/t24-,25-,26?,27?,28-,29?,31+,33+,34+,35?,38+,39+/m0/s1. The highest BCUT2D eigenvalue weighted by Crippen LogP contribution is 2.43. The SMILES string of the molecule is CC[C@@H](O)[C@@]1(C)OC(=O)N(CCCCN=[N+]=[N-])[C@@H]1[C@@H](C)CC[C@H](C)C[C@@](C)(OC)[C@H](OC1OC(C)CC(N(C)C)C1C)[C@@H](C)C1=CC(=O)OC(C)(C)O1. The number of azide groups is 1. The van der Waals surface area contributed by atoms with Crippen molar-refractivity contribution in [2.24, 2.45) is 28.8 Å². The molecule has 14 heteroatoms. The van der Waals surface area contributed by atoms with Crippen LogP contribution in [0.5, 0.6) is 0 Å². The van der Waals surface area contributed by atoms with Crippen LogP contribution in [0.3, 0.4) is 0 Å². The van der Waals surface area contributed by atoms with Crippen LogP contribution in [0.1, 0.15) is 114 Å². The number of methoxy groups -OCH3 is 1. The lowest BCUT2D eigenvalue weighted by Crippen LogP contribution is -2.56. The maximum absolute atomic E-state index is 13.2. The van der Waals surface area contributed by atoms with E-state index in [0.29, 0.717) is 44.5 Å². The zero-order valence-corrected chi connectivity index (χ0v) is 34.7. The molecule has 4 unspecified atom stereocenters. The third kappa shape index (κ3) is 11.0. The monoisotopic (exact) mass is 752 g/mol. The zero-order valence-electron chi connectivity index (χ0n) is 34.7. The average molecular weight is 752 g/mol. The van der Waals surface area contributed by atoms with E-state index in [1.54, 1.807) is 25.9 Å². The van der Waals surface area contributed by atoms with Crippen molar-refractivity contribution in [3.63, 3.8) is 0 Å². The molecule has 0 saturated carbocycles. The molecule has 2 saturated heterocycles. The van der Waals surface area contributed by atoms with Crippen LogP contribution < -0.4 is 0 Å². The second-order valence-electron chi connectivity index (χ2n) is 16.9. The van der Waals surface area contributed by atoms with Gasteiger partial charge in [-0.05, 0) is 90.8 Å².